The topological polar surface area (TPSA) is 83.8 Å². The van der Waals surface area contributed by atoms with E-state index < -0.39 is 0 Å². The molecule has 0 saturated heterocycles. The first kappa shape index (κ1) is 17.1. The van der Waals surface area contributed by atoms with Crippen LogP contribution in [0.1, 0.15) is 17.3 Å². The van der Waals surface area contributed by atoms with Crippen molar-refractivity contribution >= 4 is 18.3 Å². The highest BCUT2D eigenvalue weighted by Gasteiger charge is 2.15. The van der Waals surface area contributed by atoms with Crippen LogP contribution in [-0.2, 0) is 0 Å². The van der Waals surface area contributed by atoms with Crippen molar-refractivity contribution in [2.75, 3.05) is 13.1 Å². The van der Waals surface area contributed by atoms with E-state index in [9.17, 15) is 9.18 Å². The Morgan fingerprint density at radius 1 is 1.43 bits per heavy atom. The van der Waals surface area contributed by atoms with Crippen LogP contribution in [0, 0.1) is 11.7 Å². The number of nitrogens with two attached hydrogens (primary N) is 1. The molecular formula is C14H18ClFN4O. The monoisotopic (exact) mass is 312 g/mol. The molecule has 0 radical (unpaired) electrons. The van der Waals surface area contributed by atoms with Crippen LogP contribution < -0.4 is 11.1 Å². The molecule has 2 rings (SSSR count). The molecular weight excluding hydrogens is 295 g/mol. The summed E-state index contributed by atoms with van der Waals surface area (Å²) in [4.78, 5) is 12.1. The summed E-state index contributed by atoms with van der Waals surface area (Å²) >= 11 is 0. The molecule has 114 valence electrons. The summed E-state index contributed by atoms with van der Waals surface area (Å²) in [6.45, 7) is 2.97. The first-order valence-corrected chi connectivity index (χ1v) is 6.39. The molecule has 1 heterocycles. The average Bonchev–Trinajstić information content (AvgIpc) is 2.94. The Kier molecular flexibility index (Phi) is 6.33. The highest BCUT2D eigenvalue weighted by molar-refractivity contribution is 5.99. The van der Waals surface area contributed by atoms with E-state index in [0.29, 0.717) is 29.9 Å². The molecule has 7 heteroatoms. The first-order chi connectivity index (χ1) is 9.61. The molecule has 0 aliphatic rings. The van der Waals surface area contributed by atoms with Gasteiger partial charge in [-0.05, 0) is 36.7 Å². The SMILES string of the molecule is CC(CN)CNC(=O)c1cn[nH]c1-c1ccc(F)cc1.Cl. The second kappa shape index (κ2) is 7.75. The standard InChI is InChI=1S/C14H17FN4O.ClH/c1-9(6-16)7-17-14(20)12-8-18-19-13(12)10-2-4-11(15)5-3-10;/h2-5,8-9H,6-7,16H2,1H3,(H,17,20)(H,18,19);1H. The summed E-state index contributed by atoms with van der Waals surface area (Å²) in [6.07, 6.45) is 1.46. The lowest BCUT2D eigenvalue weighted by Gasteiger charge is -2.10. The third kappa shape index (κ3) is 4.27. The summed E-state index contributed by atoms with van der Waals surface area (Å²) in [7, 11) is 0. The number of aromatic amines is 1. The van der Waals surface area contributed by atoms with Crippen molar-refractivity contribution in [2.45, 2.75) is 6.92 Å². The number of aromatic nitrogens is 2. The quantitative estimate of drug-likeness (QED) is 0.789. The van der Waals surface area contributed by atoms with Crippen molar-refractivity contribution in [1.82, 2.24) is 15.5 Å². The lowest BCUT2D eigenvalue weighted by Crippen LogP contribution is -2.31. The van der Waals surface area contributed by atoms with Crippen molar-refractivity contribution in [3.05, 3.63) is 41.8 Å². The molecule has 5 nitrogen and oxygen atoms in total. The van der Waals surface area contributed by atoms with Gasteiger partial charge in [-0.2, -0.15) is 5.10 Å². The van der Waals surface area contributed by atoms with Gasteiger partial charge in [0.05, 0.1) is 17.5 Å². The maximum Gasteiger partial charge on any atom is 0.255 e. The fourth-order valence-corrected chi connectivity index (χ4v) is 1.74. The number of hydrogen-bond donors (Lipinski definition) is 3. The van der Waals surface area contributed by atoms with Gasteiger partial charge in [0.15, 0.2) is 0 Å². The van der Waals surface area contributed by atoms with Crippen LogP contribution in [0.4, 0.5) is 4.39 Å². The van der Waals surface area contributed by atoms with E-state index in [-0.39, 0.29) is 30.0 Å². The van der Waals surface area contributed by atoms with Gasteiger partial charge in [0.25, 0.3) is 5.91 Å². The Morgan fingerprint density at radius 2 is 2.10 bits per heavy atom. The number of amides is 1. The van der Waals surface area contributed by atoms with E-state index in [4.69, 9.17) is 5.73 Å². The van der Waals surface area contributed by atoms with Crippen LogP contribution in [0.3, 0.4) is 0 Å². The minimum absolute atomic E-state index is 0. The third-order valence-corrected chi connectivity index (χ3v) is 3.03. The molecule has 1 atom stereocenters. The minimum atomic E-state index is -0.323. The molecule has 0 saturated carbocycles. The van der Waals surface area contributed by atoms with Gasteiger partial charge in [0.2, 0.25) is 0 Å². The normalized spacial score (nSPS) is 11.6. The van der Waals surface area contributed by atoms with Gasteiger partial charge in [0, 0.05) is 12.1 Å². The number of rotatable bonds is 5. The molecule has 1 aromatic carbocycles. The molecule has 0 aliphatic heterocycles. The third-order valence-electron chi connectivity index (χ3n) is 3.03. The molecule has 0 aliphatic carbocycles. The summed E-state index contributed by atoms with van der Waals surface area (Å²) in [5.41, 5.74) is 7.22. The van der Waals surface area contributed by atoms with E-state index >= 15 is 0 Å². The molecule has 2 aromatic rings. The van der Waals surface area contributed by atoms with Gasteiger partial charge >= 0.3 is 0 Å². The highest BCUT2D eigenvalue weighted by Crippen LogP contribution is 2.21. The maximum atomic E-state index is 12.9. The molecule has 4 N–H and O–H groups in total. The molecule has 0 bridgehead atoms. The summed E-state index contributed by atoms with van der Waals surface area (Å²) in [5, 5.41) is 9.46. The number of halogens is 2. The van der Waals surface area contributed by atoms with Crippen molar-refractivity contribution in [1.29, 1.82) is 0 Å². The molecule has 1 amide bonds. The van der Waals surface area contributed by atoms with Crippen molar-refractivity contribution in [3.8, 4) is 11.3 Å². The average molecular weight is 313 g/mol. The van der Waals surface area contributed by atoms with Crippen LogP contribution in [0.15, 0.2) is 30.5 Å². The fourth-order valence-electron chi connectivity index (χ4n) is 1.74. The van der Waals surface area contributed by atoms with Crippen LogP contribution in [0.25, 0.3) is 11.3 Å². The van der Waals surface area contributed by atoms with Crippen molar-refractivity contribution in [2.24, 2.45) is 11.7 Å². The first-order valence-electron chi connectivity index (χ1n) is 6.39. The van der Waals surface area contributed by atoms with Gasteiger partial charge in [0.1, 0.15) is 5.82 Å². The lowest BCUT2D eigenvalue weighted by molar-refractivity contribution is 0.0949. The Morgan fingerprint density at radius 3 is 2.71 bits per heavy atom. The van der Waals surface area contributed by atoms with E-state index in [1.54, 1.807) is 12.1 Å². The van der Waals surface area contributed by atoms with Gasteiger partial charge in [-0.25, -0.2) is 4.39 Å². The molecule has 1 aromatic heterocycles. The van der Waals surface area contributed by atoms with Gasteiger partial charge < -0.3 is 11.1 Å². The van der Waals surface area contributed by atoms with Gasteiger partial charge in [-0.3, -0.25) is 9.89 Å². The van der Waals surface area contributed by atoms with Crippen LogP contribution in [0.2, 0.25) is 0 Å². The molecule has 21 heavy (non-hydrogen) atoms. The summed E-state index contributed by atoms with van der Waals surface area (Å²) in [5.74, 6) is -0.338. The number of nitrogens with zero attached hydrogens (tertiary/aromatic N) is 1. The minimum Gasteiger partial charge on any atom is -0.352 e. The smallest absolute Gasteiger partial charge is 0.255 e. The predicted molar refractivity (Wildman–Crippen MR) is 81.8 cm³/mol. The van der Waals surface area contributed by atoms with Crippen molar-refractivity contribution in [3.63, 3.8) is 0 Å². The molecule has 0 fully saturated rings. The van der Waals surface area contributed by atoms with Crippen LogP contribution >= 0.6 is 12.4 Å². The Bertz CT molecular complexity index is 585. The summed E-state index contributed by atoms with van der Waals surface area (Å²) < 4.78 is 12.9. The number of carbonyl (C=O) groups is 1. The zero-order chi connectivity index (χ0) is 14.5. The van der Waals surface area contributed by atoms with E-state index in [2.05, 4.69) is 15.5 Å². The number of nitrogens with one attached hydrogen (secondary N) is 2. The Hall–Kier alpha value is -1.92. The Balaban J connectivity index is 0.00000220. The molecule has 0 spiro atoms. The number of benzene rings is 1. The maximum absolute atomic E-state index is 12.9. The van der Waals surface area contributed by atoms with Crippen LogP contribution in [-0.4, -0.2) is 29.2 Å². The number of H-pyrrole nitrogens is 1. The number of hydrogen-bond acceptors (Lipinski definition) is 3. The zero-order valence-corrected chi connectivity index (χ0v) is 12.4. The fraction of sp³-hybridized carbons (Fsp3) is 0.286. The summed E-state index contributed by atoms with van der Waals surface area (Å²) in [6, 6.07) is 5.88. The van der Waals surface area contributed by atoms with Gasteiger partial charge in [-0.15, -0.1) is 12.4 Å². The van der Waals surface area contributed by atoms with E-state index in [1.165, 1.54) is 18.3 Å². The largest absolute Gasteiger partial charge is 0.352 e. The second-order valence-corrected chi connectivity index (χ2v) is 4.72. The highest BCUT2D eigenvalue weighted by atomic mass is 35.5. The molecule has 1 unspecified atom stereocenters. The van der Waals surface area contributed by atoms with E-state index in [0.717, 1.165) is 0 Å². The predicted octanol–water partition coefficient (Wildman–Crippen LogP) is 1.96. The van der Waals surface area contributed by atoms with Crippen LogP contribution in [0.5, 0.6) is 0 Å². The van der Waals surface area contributed by atoms with E-state index in [1.807, 2.05) is 6.92 Å². The lowest BCUT2D eigenvalue weighted by atomic mass is 10.1. The van der Waals surface area contributed by atoms with Crippen molar-refractivity contribution < 1.29 is 9.18 Å². The Labute approximate surface area is 128 Å². The van der Waals surface area contributed by atoms with Gasteiger partial charge in [-0.1, -0.05) is 6.92 Å². The zero-order valence-electron chi connectivity index (χ0n) is 11.6. The number of carbonyl (C=O) groups excluding carboxylic acids is 1. The second-order valence-electron chi connectivity index (χ2n) is 4.72.